The van der Waals surface area contributed by atoms with Crippen molar-refractivity contribution in [3.63, 3.8) is 0 Å². The van der Waals surface area contributed by atoms with Gasteiger partial charge >= 0.3 is 12.1 Å². The minimum absolute atomic E-state index is 0.0776. The molecule has 1 N–H and O–H groups in total. The van der Waals surface area contributed by atoms with Crippen molar-refractivity contribution in [2.24, 2.45) is 5.41 Å². The van der Waals surface area contributed by atoms with Crippen molar-refractivity contribution in [3.8, 4) is 0 Å². The van der Waals surface area contributed by atoms with Crippen LogP contribution in [0.1, 0.15) is 29.5 Å². The van der Waals surface area contributed by atoms with Crippen LogP contribution >= 0.6 is 0 Å². The van der Waals surface area contributed by atoms with E-state index in [1.54, 1.807) is 36.4 Å². The molecule has 2 aromatic carbocycles. The molecule has 0 unspecified atom stereocenters. The van der Waals surface area contributed by atoms with Crippen molar-refractivity contribution >= 4 is 53.1 Å². The molecule has 2 aromatic rings. The van der Waals surface area contributed by atoms with Gasteiger partial charge in [-0.1, -0.05) is 23.8 Å². The standard InChI is InChI=1S/C29H27N5O6/c1-16-6-9-19(10-7-16)34-24(36)20(23(35)30-27(34)39)14-17-8-11-21-18(13-17)15-29(22-5-4-12-33(21)22)25(37)31(2)28(40)32(3)26(29)38/h6-11,13-14,22H,4-5,12,15H2,1-3H3,(H,30,35,39)/b20-14+/t22-/m1/s1. The zero-order valence-electron chi connectivity index (χ0n) is 22.3. The Hall–Kier alpha value is -4.80. The van der Waals surface area contributed by atoms with E-state index in [9.17, 15) is 28.8 Å². The van der Waals surface area contributed by atoms with Crippen molar-refractivity contribution in [2.45, 2.75) is 32.2 Å². The quantitative estimate of drug-likeness (QED) is 0.351. The average molecular weight is 542 g/mol. The molecule has 1 spiro atoms. The third kappa shape index (κ3) is 3.50. The summed E-state index contributed by atoms with van der Waals surface area (Å²) in [5.41, 5.74) is 1.66. The molecule has 8 amide bonds. The molecular weight excluding hydrogens is 514 g/mol. The van der Waals surface area contributed by atoms with Crippen molar-refractivity contribution in [3.05, 3.63) is 64.7 Å². The monoisotopic (exact) mass is 541 g/mol. The smallest absolute Gasteiger partial charge is 0.335 e. The number of urea groups is 2. The number of fused-ring (bicyclic) bond motifs is 4. The number of nitrogens with one attached hydrogen (secondary N) is 1. The van der Waals surface area contributed by atoms with Gasteiger partial charge in [0.05, 0.1) is 11.7 Å². The van der Waals surface area contributed by atoms with Crippen molar-refractivity contribution in [1.29, 1.82) is 0 Å². The molecule has 4 aliphatic rings. The Bertz CT molecular complexity index is 1540. The summed E-state index contributed by atoms with van der Waals surface area (Å²) in [5, 5.41) is 2.23. The van der Waals surface area contributed by atoms with E-state index in [0.717, 1.165) is 32.4 Å². The van der Waals surface area contributed by atoms with Crippen LogP contribution in [0.5, 0.6) is 0 Å². The molecule has 0 aliphatic carbocycles. The van der Waals surface area contributed by atoms with Gasteiger partial charge < -0.3 is 4.90 Å². The molecule has 11 nitrogen and oxygen atoms in total. The Morgan fingerprint density at radius 2 is 1.60 bits per heavy atom. The topological polar surface area (TPSA) is 127 Å². The predicted octanol–water partition coefficient (Wildman–Crippen LogP) is 2.22. The second kappa shape index (κ2) is 8.87. The molecule has 6 rings (SSSR count). The highest BCUT2D eigenvalue weighted by molar-refractivity contribution is 6.39. The number of anilines is 2. The number of hydrogen-bond donors (Lipinski definition) is 1. The fourth-order valence-electron chi connectivity index (χ4n) is 6.38. The Kier molecular flexibility index (Phi) is 5.65. The summed E-state index contributed by atoms with van der Waals surface area (Å²) < 4.78 is 0. The summed E-state index contributed by atoms with van der Waals surface area (Å²) in [6, 6.07) is 10.3. The first kappa shape index (κ1) is 25.5. The van der Waals surface area contributed by atoms with Crippen LogP contribution in [0.3, 0.4) is 0 Å². The van der Waals surface area contributed by atoms with Gasteiger partial charge in [0.2, 0.25) is 11.8 Å². The Labute approximate surface area is 230 Å². The van der Waals surface area contributed by atoms with Gasteiger partial charge in [0.15, 0.2) is 5.41 Å². The van der Waals surface area contributed by atoms with Crippen LogP contribution in [0.4, 0.5) is 21.0 Å². The highest BCUT2D eigenvalue weighted by Gasteiger charge is 2.63. The van der Waals surface area contributed by atoms with E-state index in [1.165, 1.54) is 20.2 Å². The molecule has 4 heterocycles. The maximum Gasteiger partial charge on any atom is 0.335 e. The van der Waals surface area contributed by atoms with Gasteiger partial charge in [-0.05, 0) is 67.7 Å². The lowest BCUT2D eigenvalue weighted by molar-refractivity contribution is -0.159. The lowest BCUT2D eigenvalue weighted by Gasteiger charge is -2.50. The Morgan fingerprint density at radius 1 is 0.925 bits per heavy atom. The number of rotatable bonds is 2. The molecule has 0 aromatic heterocycles. The Morgan fingerprint density at radius 3 is 2.27 bits per heavy atom. The maximum atomic E-state index is 13.6. The van der Waals surface area contributed by atoms with E-state index in [2.05, 4.69) is 10.2 Å². The summed E-state index contributed by atoms with van der Waals surface area (Å²) in [5.74, 6) is -2.63. The molecule has 3 fully saturated rings. The zero-order valence-corrected chi connectivity index (χ0v) is 22.3. The third-order valence-electron chi connectivity index (χ3n) is 8.36. The molecular formula is C29H27N5O6. The third-order valence-corrected chi connectivity index (χ3v) is 8.36. The number of nitrogens with zero attached hydrogens (tertiary/aromatic N) is 4. The van der Waals surface area contributed by atoms with E-state index in [1.807, 2.05) is 13.0 Å². The number of carbonyl (C=O) groups excluding carboxylic acids is 6. The maximum absolute atomic E-state index is 13.6. The number of imide groups is 4. The molecule has 0 saturated carbocycles. The van der Waals surface area contributed by atoms with Crippen LogP contribution in [0.2, 0.25) is 0 Å². The number of barbiturate groups is 2. The first-order valence-corrected chi connectivity index (χ1v) is 13.0. The lowest BCUT2D eigenvalue weighted by Crippen LogP contribution is -2.70. The van der Waals surface area contributed by atoms with Gasteiger partial charge in [-0.3, -0.25) is 34.3 Å². The van der Waals surface area contributed by atoms with Crippen molar-refractivity contribution in [1.82, 2.24) is 15.1 Å². The largest absolute Gasteiger partial charge is 0.367 e. The summed E-state index contributed by atoms with van der Waals surface area (Å²) in [6.07, 6.45) is 2.90. The first-order chi connectivity index (χ1) is 19.0. The van der Waals surface area contributed by atoms with Crippen LogP contribution < -0.4 is 15.1 Å². The molecule has 1 atom stereocenters. The summed E-state index contributed by atoms with van der Waals surface area (Å²) in [7, 11) is 2.78. The first-order valence-electron chi connectivity index (χ1n) is 13.0. The van der Waals surface area contributed by atoms with Gasteiger partial charge in [0, 0.05) is 26.3 Å². The fraction of sp³-hybridized carbons (Fsp3) is 0.310. The second-order valence-electron chi connectivity index (χ2n) is 10.7. The number of benzene rings is 2. The number of aryl methyl sites for hydroxylation is 1. The van der Waals surface area contributed by atoms with E-state index in [4.69, 9.17) is 0 Å². The van der Waals surface area contributed by atoms with E-state index in [-0.39, 0.29) is 18.0 Å². The highest BCUT2D eigenvalue weighted by Crippen LogP contribution is 2.49. The van der Waals surface area contributed by atoms with Crippen LogP contribution in [0, 0.1) is 12.3 Å². The summed E-state index contributed by atoms with van der Waals surface area (Å²) >= 11 is 0. The van der Waals surface area contributed by atoms with Crippen molar-refractivity contribution < 1.29 is 28.8 Å². The molecule has 4 aliphatic heterocycles. The van der Waals surface area contributed by atoms with Gasteiger partial charge in [-0.15, -0.1) is 0 Å². The SMILES string of the molecule is Cc1ccc(N2C(=O)NC(=O)/C(=C\c3ccc4c(c3)CC3(C(=O)N(C)C(=O)N(C)C3=O)[C@H]3CCCN43)C2=O)cc1. The summed E-state index contributed by atoms with van der Waals surface area (Å²) in [6.45, 7) is 2.53. The predicted molar refractivity (Wildman–Crippen MR) is 144 cm³/mol. The van der Waals surface area contributed by atoms with E-state index < -0.39 is 41.1 Å². The summed E-state index contributed by atoms with van der Waals surface area (Å²) in [4.78, 5) is 83.3. The fourth-order valence-corrected chi connectivity index (χ4v) is 6.38. The number of hydrogen-bond acceptors (Lipinski definition) is 7. The molecule has 204 valence electrons. The average Bonchev–Trinajstić information content (AvgIpc) is 3.44. The molecule has 0 radical (unpaired) electrons. The van der Waals surface area contributed by atoms with Crippen LogP contribution in [0.25, 0.3) is 6.08 Å². The van der Waals surface area contributed by atoms with Crippen LogP contribution in [-0.2, 0) is 25.6 Å². The van der Waals surface area contributed by atoms with Gasteiger partial charge in [-0.25, -0.2) is 14.5 Å². The minimum Gasteiger partial charge on any atom is -0.367 e. The van der Waals surface area contributed by atoms with Crippen LogP contribution in [0.15, 0.2) is 48.0 Å². The van der Waals surface area contributed by atoms with Gasteiger partial charge in [-0.2, -0.15) is 0 Å². The zero-order chi connectivity index (χ0) is 28.5. The highest BCUT2D eigenvalue weighted by atomic mass is 16.2. The Balaban J connectivity index is 1.40. The van der Waals surface area contributed by atoms with Gasteiger partial charge in [0.1, 0.15) is 5.57 Å². The van der Waals surface area contributed by atoms with Crippen LogP contribution in [-0.4, -0.2) is 72.2 Å². The molecule has 0 bridgehead atoms. The molecule has 3 saturated heterocycles. The number of carbonyl (C=O) groups is 6. The number of amides is 8. The molecule has 11 heteroatoms. The molecule has 40 heavy (non-hydrogen) atoms. The lowest BCUT2D eigenvalue weighted by atomic mass is 9.68. The van der Waals surface area contributed by atoms with E-state index >= 15 is 0 Å². The van der Waals surface area contributed by atoms with E-state index in [0.29, 0.717) is 29.8 Å². The second-order valence-corrected chi connectivity index (χ2v) is 10.7. The van der Waals surface area contributed by atoms with Gasteiger partial charge in [0.25, 0.3) is 11.8 Å². The minimum atomic E-state index is -1.46. The van der Waals surface area contributed by atoms with Crippen molar-refractivity contribution in [2.75, 3.05) is 30.4 Å². The normalized spacial score (nSPS) is 23.3.